The highest BCUT2D eigenvalue weighted by atomic mass is 19.1. The summed E-state index contributed by atoms with van der Waals surface area (Å²) in [6.07, 6.45) is 0. The molecule has 0 aliphatic rings. The zero-order chi connectivity index (χ0) is 18.2. The molecule has 0 unspecified atom stereocenters. The molecular formula is C19H21FN2O3. The molecule has 2 amide bonds. The highest BCUT2D eigenvalue weighted by molar-refractivity contribution is 5.91. The monoisotopic (exact) mass is 344 g/mol. The summed E-state index contributed by atoms with van der Waals surface area (Å²) in [4.78, 5) is 24.8. The number of amides is 2. The second-order valence-corrected chi connectivity index (χ2v) is 5.57. The first-order chi connectivity index (χ1) is 12.0. The molecule has 0 fully saturated rings. The molecule has 0 aliphatic heterocycles. The number of hydrogen-bond acceptors (Lipinski definition) is 3. The fraction of sp³-hybridized carbons (Fsp3) is 0.263. The Bertz CT molecular complexity index is 732. The summed E-state index contributed by atoms with van der Waals surface area (Å²) in [5, 5.41) is 2.66. The number of rotatable bonds is 7. The maximum absolute atomic E-state index is 13.8. The third-order valence-electron chi connectivity index (χ3n) is 3.57. The summed E-state index contributed by atoms with van der Waals surface area (Å²) in [7, 11) is 0. The van der Waals surface area contributed by atoms with Crippen LogP contribution in [0.1, 0.15) is 12.5 Å². The van der Waals surface area contributed by atoms with Crippen molar-refractivity contribution in [3.63, 3.8) is 0 Å². The minimum atomic E-state index is -0.480. The number of ether oxygens (including phenoxy) is 1. The number of nitrogens with zero attached hydrogens (tertiary/aromatic N) is 1. The summed E-state index contributed by atoms with van der Waals surface area (Å²) in [6, 6.07) is 13.4. The van der Waals surface area contributed by atoms with Crippen molar-refractivity contribution in [1.82, 2.24) is 5.32 Å². The van der Waals surface area contributed by atoms with Crippen molar-refractivity contribution in [3.05, 3.63) is 59.9 Å². The van der Waals surface area contributed by atoms with Gasteiger partial charge in [0.25, 0.3) is 5.91 Å². The SMILES string of the molecule is CC(=O)N(CCNC(=O)COc1ccc(C)cc1)c1ccccc1F. The Balaban J connectivity index is 1.81. The molecule has 25 heavy (non-hydrogen) atoms. The molecule has 0 radical (unpaired) electrons. The number of hydrogen-bond donors (Lipinski definition) is 1. The standard InChI is InChI=1S/C19H21FN2O3/c1-14-7-9-16(10-8-14)25-13-19(24)21-11-12-22(15(2)23)18-6-4-3-5-17(18)20/h3-10H,11-13H2,1-2H3,(H,21,24). The van der Waals surface area contributed by atoms with Crippen molar-refractivity contribution in [2.45, 2.75) is 13.8 Å². The predicted octanol–water partition coefficient (Wildman–Crippen LogP) is 2.68. The van der Waals surface area contributed by atoms with Crippen LogP contribution < -0.4 is 15.0 Å². The van der Waals surface area contributed by atoms with Gasteiger partial charge in [0, 0.05) is 20.0 Å². The summed E-state index contributed by atoms with van der Waals surface area (Å²) >= 11 is 0. The number of aryl methyl sites for hydroxylation is 1. The fourth-order valence-corrected chi connectivity index (χ4v) is 2.26. The van der Waals surface area contributed by atoms with Crippen LogP contribution in [0.15, 0.2) is 48.5 Å². The van der Waals surface area contributed by atoms with Crippen molar-refractivity contribution in [3.8, 4) is 5.75 Å². The fourth-order valence-electron chi connectivity index (χ4n) is 2.26. The summed E-state index contributed by atoms with van der Waals surface area (Å²) in [5.41, 5.74) is 1.30. The largest absolute Gasteiger partial charge is 0.484 e. The van der Waals surface area contributed by atoms with Gasteiger partial charge in [-0.2, -0.15) is 0 Å². The maximum atomic E-state index is 13.8. The molecule has 6 heteroatoms. The van der Waals surface area contributed by atoms with Gasteiger partial charge >= 0.3 is 0 Å². The number of carbonyl (C=O) groups excluding carboxylic acids is 2. The van der Waals surface area contributed by atoms with Gasteiger partial charge in [-0.3, -0.25) is 9.59 Å². The van der Waals surface area contributed by atoms with E-state index in [2.05, 4.69) is 5.32 Å². The van der Waals surface area contributed by atoms with Crippen molar-refractivity contribution in [1.29, 1.82) is 0 Å². The van der Waals surface area contributed by atoms with Gasteiger partial charge in [0.1, 0.15) is 11.6 Å². The second-order valence-electron chi connectivity index (χ2n) is 5.57. The van der Waals surface area contributed by atoms with Gasteiger partial charge in [0.05, 0.1) is 5.69 Å². The van der Waals surface area contributed by atoms with Gasteiger partial charge < -0.3 is 15.0 Å². The summed E-state index contributed by atoms with van der Waals surface area (Å²) in [6.45, 7) is 3.57. The Kier molecular flexibility index (Phi) is 6.51. The van der Waals surface area contributed by atoms with Crippen molar-refractivity contribution >= 4 is 17.5 Å². The molecule has 0 aliphatic carbocycles. The Morgan fingerprint density at radius 1 is 1.12 bits per heavy atom. The molecule has 0 spiro atoms. The van der Waals surface area contributed by atoms with E-state index >= 15 is 0 Å². The number of carbonyl (C=O) groups is 2. The first kappa shape index (κ1) is 18.4. The first-order valence-electron chi connectivity index (χ1n) is 7.96. The molecule has 5 nitrogen and oxygen atoms in total. The molecule has 0 bridgehead atoms. The summed E-state index contributed by atoms with van der Waals surface area (Å²) < 4.78 is 19.2. The van der Waals surface area contributed by atoms with Crippen LogP contribution in [0.25, 0.3) is 0 Å². The number of para-hydroxylation sites is 1. The van der Waals surface area contributed by atoms with E-state index in [0.717, 1.165) is 5.56 Å². The molecule has 0 atom stereocenters. The Labute approximate surface area is 146 Å². The van der Waals surface area contributed by atoms with Gasteiger partial charge in [-0.1, -0.05) is 29.8 Å². The van der Waals surface area contributed by atoms with E-state index in [1.165, 1.54) is 24.0 Å². The molecule has 0 heterocycles. The number of benzene rings is 2. The number of halogens is 1. The predicted molar refractivity (Wildman–Crippen MR) is 94.1 cm³/mol. The topological polar surface area (TPSA) is 58.6 Å². The zero-order valence-electron chi connectivity index (χ0n) is 14.3. The minimum Gasteiger partial charge on any atom is -0.484 e. The Hall–Kier alpha value is -2.89. The third kappa shape index (κ3) is 5.60. The Morgan fingerprint density at radius 2 is 1.80 bits per heavy atom. The van der Waals surface area contributed by atoms with E-state index in [4.69, 9.17) is 4.74 Å². The quantitative estimate of drug-likeness (QED) is 0.840. The van der Waals surface area contributed by atoms with E-state index in [1.807, 2.05) is 19.1 Å². The normalized spacial score (nSPS) is 10.2. The average Bonchev–Trinajstić information content (AvgIpc) is 2.59. The molecule has 2 rings (SSSR count). The lowest BCUT2D eigenvalue weighted by Gasteiger charge is -2.21. The van der Waals surface area contributed by atoms with Gasteiger partial charge in [-0.05, 0) is 31.2 Å². The number of anilines is 1. The van der Waals surface area contributed by atoms with Crippen LogP contribution in [0.2, 0.25) is 0 Å². The lowest BCUT2D eigenvalue weighted by molar-refractivity contribution is -0.123. The van der Waals surface area contributed by atoms with Crippen molar-refractivity contribution in [2.75, 3.05) is 24.6 Å². The molecule has 0 saturated carbocycles. The highest BCUT2D eigenvalue weighted by Crippen LogP contribution is 2.18. The van der Waals surface area contributed by atoms with Crippen molar-refractivity contribution < 1.29 is 18.7 Å². The van der Waals surface area contributed by atoms with Crippen LogP contribution in [0, 0.1) is 12.7 Å². The van der Waals surface area contributed by atoms with E-state index in [1.54, 1.807) is 24.3 Å². The van der Waals surface area contributed by atoms with E-state index in [9.17, 15) is 14.0 Å². The lowest BCUT2D eigenvalue weighted by Crippen LogP contribution is -2.39. The van der Waals surface area contributed by atoms with Gasteiger partial charge in [-0.15, -0.1) is 0 Å². The van der Waals surface area contributed by atoms with Crippen LogP contribution in [-0.2, 0) is 9.59 Å². The minimum absolute atomic E-state index is 0.122. The van der Waals surface area contributed by atoms with E-state index < -0.39 is 5.82 Å². The van der Waals surface area contributed by atoms with E-state index in [-0.39, 0.29) is 37.2 Å². The number of nitrogens with one attached hydrogen (secondary N) is 1. The first-order valence-corrected chi connectivity index (χ1v) is 7.96. The van der Waals surface area contributed by atoms with Crippen LogP contribution >= 0.6 is 0 Å². The van der Waals surface area contributed by atoms with Gasteiger partial charge in [-0.25, -0.2) is 4.39 Å². The molecule has 132 valence electrons. The molecule has 0 saturated heterocycles. The van der Waals surface area contributed by atoms with Crippen LogP contribution in [0.4, 0.5) is 10.1 Å². The second kappa shape index (κ2) is 8.82. The van der Waals surface area contributed by atoms with Crippen LogP contribution in [0.5, 0.6) is 5.75 Å². The molecule has 2 aromatic carbocycles. The zero-order valence-corrected chi connectivity index (χ0v) is 14.3. The third-order valence-corrected chi connectivity index (χ3v) is 3.57. The smallest absolute Gasteiger partial charge is 0.258 e. The maximum Gasteiger partial charge on any atom is 0.258 e. The van der Waals surface area contributed by atoms with Crippen molar-refractivity contribution in [2.24, 2.45) is 0 Å². The highest BCUT2D eigenvalue weighted by Gasteiger charge is 2.15. The Morgan fingerprint density at radius 3 is 2.44 bits per heavy atom. The van der Waals surface area contributed by atoms with Gasteiger partial charge in [0.2, 0.25) is 5.91 Å². The molecular weight excluding hydrogens is 323 g/mol. The van der Waals surface area contributed by atoms with Crippen LogP contribution in [0.3, 0.4) is 0 Å². The molecule has 2 aromatic rings. The lowest BCUT2D eigenvalue weighted by atomic mass is 10.2. The average molecular weight is 344 g/mol. The summed E-state index contributed by atoms with van der Waals surface area (Å²) in [5.74, 6) is -0.475. The van der Waals surface area contributed by atoms with Crippen LogP contribution in [-0.4, -0.2) is 31.5 Å². The molecule has 1 N–H and O–H groups in total. The molecule has 0 aromatic heterocycles. The van der Waals surface area contributed by atoms with Gasteiger partial charge in [0.15, 0.2) is 6.61 Å². The van der Waals surface area contributed by atoms with E-state index in [0.29, 0.717) is 5.75 Å².